The van der Waals surface area contributed by atoms with Gasteiger partial charge >= 0.3 is 0 Å². The summed E-state index contributed by atoms with van der Waals surface area (Å²) >= 11 is 0. The molecule has 0 unspecified atom stereocenters. The fourth-order valence-electron chi connectivity index (χ4n) is 3.26. The van der Waals surface area contributed by atoms with Crippen molar-refractivity contribution in [2.75, 3.05) is 13.1 Å². The molecule has 4 heteroatoms. The molecular formula is C18H23NO3. The van der Waals surface area contributed by atoms with Gasteiger partial charge in [-0.3, -0.25) is 4.90 Å². The Labute approximate surface area is 131 Å². The second kappa shape index (κ2) is 7.09. The molecule has 2 heterocycles. The van der Waals surface area contributed by atoms with Gasteiger partial charge in [-0.2, -0.15) is 0 Å². The highest BCUT2D eigenvalue weighted by Gasteiger charge is 2.29. The molecule has 3 rings (SSSR count). The maximum Gasteiger partial charge on any atom is 0.132 e. The smallest absolute Gasteiger partial charge is 0.132 e. The summed E-state index contributed by atoms with van der Waals surface area (Å²) in [4.78, 5) is 2.28. The quantitative estimate of drug-likeness (QED) is 0.861. The average molecular weight is 301 g/mol. The van der Waals surface area contributed by atoms with Crippen molar-refractivity contribution in [1.82, 2.24) is 4.90 Å². The maximum atomic E-state index is 10.4. The van der Waals surface area contributed by atoms with Crippen molar-refractivity contribution in [2.45, 2.75) is 37.5 Å². The molecule has 0 aliphatic carbocycles. The summed E-state index contributed by atoms with van der Waals surface area (Å²) in [5.74, 6) is 0.621. The molecule has 22 heavy (non-hydrogen) atoms. The molecule has 0 amide bonds. The molecule has 2 N–H and O–H groups in total. The van der Waals surface area contributed by atoms with Crippen molar-refractivity contribution >= 4 is 0 Å². The van der Waals surface area contributed by atoms with Crippen LogP contribution in [0.1, 0.15) is 42.8 Å². The van der Waals surface area contributed by atoms with E-state index in [1.54, 1.807) is 12.3 Å². The van der Waals surface area contributed by atoms with Crippen LogP contribution in [0.25, 0.3) is 0 Å². The topological polar surface area (TPSA) is 56.8 Å². The van der Waals surface area contributed by atoms with Gasteiger partial charge in [0.2, 0.25) is 0 Å². The van der Waals surface area contributed by atoms with Gasteiger partial charge in [0.05, 0.1) is 12.4 Å². The normalized spacial score (nSPS) is 21.8. The third-order valence-corrected chi connectivity index (χ3v) is 4.46. The van der Waals surface area contributed by atoms with E-state index in [1.807, 2.05) is 36.4 Å². The molecule has 4 nitrogen and oxygen atoms in total. The van der Waals surface area contributed by atoms with E-state index in [2.05, 4.69) is 4.90 Å². The van der Waals surface area contributed by atoms with Gasteiger partial charge in [-0.25, -0.2) is 0 Å². The molecule has 1 aliphatic rings. The van der Waals surface area contributed by atoms with E-state index in [-0.39, 0.29) is 0 Å². The minimum atomic E-state index is -0.575. The molecular weight excluding hydrogens is 278 g/mol. The Morgan fingerprint density at radius 3 is 2.64 bits per heavy atom. The van der Waals surface area contributed by atoms with Crippen molar-refractivity contribution in [3.8, 4) is 0 Å². The zero-order chi connectivity index (χ0) is 15.4. The van der Waals surface area contributed by atoms with Crippen LogP contribution in [0.15, 0.2) is 53.1 Å². The lowest BCUT2D eigenvalue weighted by atomic mass is 10.0. The predicted octanol–water partition coefficient (Wildman–Crippen LogP) is 2.90. The number of nitrogens with zero attached hydrogens (tertiary/aromatic N) is 1. The number of β-amino-alcohol motifs (C(OH)–C–C–N with tert-alkyl or cyclic N) is 1. The SMILES string of the molecule is O[C@H](CN1CCC[C@@H]1C[C@@H](O)c1ccco1)c1ccccc1. The van der Waals surface area contributed by atoms with E-state index in [0.717, 1.165) is 24.9 Å². The third kappa shape index (κ3) is 3.58. The van der Waals surface area contributed by atoms with Crippen molar-refractivity contribution in [2.24, 2.45) is 0 Å². The van der Waals surface area contributed by atoms with Gasteiger partial charge in [0.25, 0.3) is 0 Å². The lowest BCUT2D eigenvalue weighted by Gasteiger charge is -2.28. The molecule has 0 bridgehead atoms. The molecule has 3 atom stereocenters. The number of furan rings is 1. The minimum absolute atomic E-state index is 0.290. The van der Waals surface area contributed by atoms with E-state index in [1.165, 1.54) is 0 Å². The van der Waals surface area contributed by atoms with E-state index >= 15 is 0 Å². The zero-order valence-corrected chi connectivity index (χ0v) is 12.6. The van der Waals surface area contributed by atoms with Crippen LogP contribution in [0.3, 0.4) is 0 Å². The summed E-state index contributed by atoms with van der Waals surface area (Å²) in [6.45, 7) is 1.58. The number of aliphatic hydroxyl groups is 2. The largest absolute Gasteiger partial charge is 0.467 e. The Kier molecular flexibility index (Phi) is 4.93. The number of benzene rings is 1. The van der Waals surface area contributed by atoms with Crippen LogP contribution in [0.2, 0.25) is 0 Å². The second-order valence-electron chi connectivity index (χ2n) is 5.98. The number of hydrogen-bond donors (Lipinski definition) is 2. The first-order valence-electron chi connectivity index (χ1n) is 7.92. The standard InChI is InChI=1S/C18H23NO3/c20-16(18-9-5-11-22-18)12-15-8-4-10-19(15)13-17(21)14-6-2-1-3-7-14/h1-3,5-7,9,11,15-17,20-21H,4,8,10,12-13H2/t15-,16-,17-/m1/s1. The maximum absolute atomic E-state index is 10.4. The summed E-state index contributed by atoms with van der Waals surface area (Å²) in [5.41, 5.74) is 0.944. The first-order valence-corrected chi connectivity index (χ1v) is 7.92. The van der Waals surface area contributed by atoms with Crippen LogP contribution in [0, 0.1) is 0 Å². The summed E-state index contributed by atoms with van der Waals surface area (Å²) in [6, 6.07) is 13.6. The molecule has 1 fully saturated rings. The van der Waals surface area contributed by atoms with Gasteiger partial charge in [-0.05, 0) is 43.5 Å². The monoisotopic (exact) mass is 301 g/mol. The summed E-state index contributed by atoms with van der Waals surface area (Å²) in [7, 11) is 0. The van der Waals surface area contributed by atoms with Crippen molar-refractivity contribution in [1.29, 1.82) is 0 Å². The van der Waals surface area contributed by atoms with E-state index < -0.39 is 12.2 Å². The Balaban J connectivity index is 1.59. The number of rotatable bonds is 6. The highest BCUT2D eigenvalue weighted by atomic mass is 16.4. The molecule has 0 spiro atoms. The van der Waals surface area contributed by atoms with Gasteiger partial charge < -0.3 is 14.6 Å². The lowest BCUT2D eigenvalue weighted by Crippen LogP contribution is -2.34. The van der Waals surface area contributed by atoms with Gasteiger partial charge in [-0.1, -0.05) is 30.3 Å². The fraction of sp³-hybridized carbons (Fsp3) is 0.444. The first-order chi connectivity index (χ1) is 10.7. The summed E-state index contributed by atoms with van der Waals surface area (Å²) in [6.07, 6.45) is 3.34. The van der Waals surface area contributed by atoms with Crippen LogP contribution in [-0.2, 0) is 0 Å². The Morgan fingerprint density at radius 1 is 1.09 bits per heavy atom. The number of likely N-dealkylation sites (tertiary alicyclic amines) is 1. The van der Waals surface area contributed by atoms with Gasteiger partial charge in [0.1, 0.15) is 11.9 Å². The molecule has 1 aliphatic heterocycles. The Hall–Kier alpha value is -1.62. The van der Waals surface area contributed by atoms with Gasteiger partial charge in [-0.15, -0.1) is 0 Å². The highest BCUT2D eigenvalue weighted by Crippen LogP contribution is 2.29. The van der Waals surface area contributed by atoms with Crippen LogP contribution in [0.5, 0.6) is 0 Å². The van der Waals surface area contributed by atoms with E-state index in [0.29, 0.717) is 24.8 Å². The van der Waals surface area contributed by atoms with E-state index in [4.69, 9.17) is 4.42 Å². The van der Waals surface area contributed by atoms with Crippen molar-refractivity contribution < 1.29 is 14.6 Å². The van der Waals surface area contributed by atoms with E-state index in [9.17, 15) is 10.2 Å². The molecule has 118 valence electrons. The number of aliphatic hydroxyl groups excluding tert-OH is 2. The average Bonchev–Trinajstić information content (AvgIpc) is 3.20. The summed E-state index contributed by atoms with van der Waals surface area (Å²) in [5, 5.41) is 20.6. The fourth-order valence-corrected chi connectivity index (χ4v) is 3.26. The summed E-state index contributed by atoms with van der Waals surface area (Å²) < 4.78 is 5.27. The lowest BCUT2D eigenvalue weighted by molar-refractivity contribution is 0.0708. The highest BCUT2D eigenvalue weighted by molar-refractivity contribution is 5.17. The van der Waals surface area contributed by atoms with Crippen molar-refractivity contribution in [3.05, 3.63) is 60.1 Å². The third-order valence-electron chi connectivity index (χ3n) is 4.46. The Morgan fingerprint density at radius 2 is 1.91 bits per heavy atom. The van der Waals surface area contributed by atoms with Crippen molar-refractivity contribution in [3.63, 3.8) is 0 Å². The van der Waals surface area contributed by atoms with Crippen LogP contribution in [-0.4, -0.2) is 34.2 Å². The second-order valence-corrected chi connectivity index (χ2v) is 5.98. The molecule has 2 aromatic rings. The van der Waals surface area contributed by atoms with Gasteiger partial charge in [0, 0.05) is 12.6 Å². The van der Waals surface area contributed by atoms with Crippen LogP contribution in [0.4, 0.5) is 0 Å². The van der Waals surface area contributed by atoms with Crippen LogP contribution < -0.4 is 0 Å². The molecule has 1 aromatic heterocycles. The van der Waals surface area contributed by atoms with Crippen LogP contribution >= 0.6 is 0 Å². The Bertz CT molecular complexity index is 555. The minimum Gasteiger partial charge on any atom is -0.467 e. The molecule has 0 radical (unpaired) electrons. The molecule has 0 saturated carbocycles. The molecule has 1 saturated heterocycles. The van der Waals surface area contributed by atoms with Gasteiger partial charge in [0.15, 0.2) is 0 Å². The number of hydrogen-bond acceptors (Lipinski definition) is 4. The molecule has 1 aromatic carbocycles. The predicted molar refractivity (Wildman–Crippen MR) is 84.3 cm³/mol. The zero-order valence-electron chi connectivity index (χ0n) is 12.6. The first kappa shape index (κ1) is 15.3.